The number of rotatable bonds is 0. The number of benzene rings is 1. The van der Waals surface area contributed by atoms with Crippen molar-refractivity contribution in [1.82, 2.24) is 4.98 Å². The van der Waals surface area contributed by atoms with Crippen molar-refractivity contribution in [3.05, 3.63) is 70.7 Å². The molecule has 1 unspecified atom stereocenters. The smallest absolute Gasteiger partial charge is 0.0912 e. The fourth-order valence-corrected chi connectivity index (χ4v) is 3.09. The fourth-order valence-electron chi connectivity index (χ4n) is 3.09. The Morgan fingerprint density at radius 3 is 2.67 bits per heavy atom. The molecule has 0 saturated carbocycles. The van der Waals surface area contributed by atoms with Crippen molar-refractivity contribution in [2.75, 3.05) is 11.9 Å². The molecule has 1 aromatic carbocycles. The molecular formula is C19H20N2. The molecule has 0 spiro atoms. The van der Waals surface area contributed by atoms with Crippen molar-refractivity contribution in [2.45, 2.75) is 26.7 Å². The van der Waals surface area contributed by atoms with Crippen LogP contribution >= 0.6 is 0 Å². The van der Waals surface area contributed by atoms with Gasteiger partial charge >= 0.3 is 0 Å². The van der Waals surface area contributed by atoms with Crippen LogP contribution in [-0.2, 0) is 0 Å². The highest BCUT2D eigenvalue weighted by Crippen LogP contribution is 2.41. The zero-order valence-electron chi connectivity index (χ0n) is 13.1. The van der Waals surface area contributed by atoms with E-state index < -0.39 is 0 Å². The summed E-state index contributed by atoms with van der Waals surface area (Å²) in [5, 5.41) is 0. The van der Waals surface area contributed by atoms with Gasteiger partial charge in [-0.05, 0) is 37.6 Å². The molecule has 0 saturated heterocycles. The van der Waals surface area contributed by atoms with E-state index in [1.54, 1.807) is 0 Å². The number of fused-ring (bicyclic) bond motifs is 2. The van der Waals surface area contributed by atoms with Gasteiger partial charge in [0.1, 0.15) is 0 Å². The molecule has 21 heavy (non-hydrogen) atoms. The third kappa shape index (κ3) is 2.09. The summed E-state index contributed by atoms with van der Waals surface area (Å²) in [7, 11) is 2.06. The van der Waals surface area contributed by atoms with Gasteiger partial charge in [0.25, 0.3) is 0 Å². The topological polar surface area (TPSA) is 16.1 Å². The molecule has 0 N–H and O–H groups in total. The first-order valence-electron chi connectivity index (χ1n) is 7.25. The van der Waals surface area contributed by atoms with Crippen LogP contribution in [0, 0.1) is 13.8 Å². The molecule has 0 amide bonds. The van der Waals surface area contributed by atoms with Crippen LogP contribution in [0.15, 0.2) is 42.6 Å². The maximum Gasteiger partial charge on any atom is 0.0912 e. The van der Waals surface area contributed by atoms with Gasteiger partial charge in [-0.2, -0.15) is 0 Å². The number of hydrogen-bond acceptors (Lipinski definition) is 2. The molecule has 1 atom stereocenters. The summed E-state index contributed by atoms with van der Waals surface area (Å²) >= 11 is 0. The van der Waals surface area contributed by atoms with Crippen LogP contribution in [0.2, 0.25) is 0 Å². The molecule has 0 radical (unpaired) electrons. The van der Waals surface area contributed by atoms with Crippen molar-refractivity contribution in [1.29, 1.82) is 0 Å². The van der Waals surface area contributed by atoms with Crippen molar-refractivity contribution >= 4 is 11.4 Å². The molecule has 1 aliphatic heterocycles. The van der Waals surface area contributed by atoms with Crippen molar-refractivity contribution in [2.24, 2.45) is 0 Å². The second-order valence-corrected chi connectivity index (χ2v) is 5.75. The molecule has 1 aliphatic rings. The van der Waals surface area contributed by atoms with E-state index in [1.165, 1.54) is 16.7 Å². The number of hydrogen-bond donors (Lipinski definition) is 0. The van der Waals surface area contributed by atoms with E-state index in [-0.39, 0.29) is 5.92 Å². The molecule has 2 heterocycles. The maximum atomic E-state index is 4.79. The molecule has 1 aromatic heterocycles. The second kappa shape index (κ2) is 4.91. The first-order chi connectivity index (χ1) is 10.0. The molecule has 0 fully saturated rings. The summed E-state index contributed by atoms with van der Waals surface area (Å²) < 4.78 is 0. The highest BCUT2D eigenvalue weighted by molar-refractivity contribution is 5.84. The van der Waals surface area contributed by atoms with Crippen LogP contribution in [-0.4, -0.2) is 12.0 Å². The van der Waals surface area contributed by atoms with E-state index in [0.717, 1.165) is 22.8 Å². The summed E-state index contributed by atoms with van der Waals surface area (Å²) in [6, 6.07) is 10.8. The Kier molecular flexibility index (Phi) is 3.19. The van der Waals surface area contributed by atoms with Crippen molar-refractivity contribution < 1.29 is 0 Å². The Balaban J connectivity index is 2.37. The summed E-state index contributed by atoms with van der Waals surface area (Å²) in [5.74, 6) is 0.254. The average Bonchev–Trinajstić information content (AvgIpc) is 2.54. The molecule has 3 rings (SSSR count). The minimum absolute atomic E-state index is 0.254. The van der Waals surface area contributed by atoms with Gasteiger partial charge in [0.15, 0.2) is 0 Å². The van der Waals surface area contributed by atoms with Gasteiger partial charge in [-0.25, -0.2) is 0 Å². The molecule has 0 bridgehead atoms. The zero-order chi connectivity index (χ0) is 15.1. The van der Waals surface area contributed by atoms with E-state index >= 15 is 0 Å². The van der Waals surface area contributed by atoms with Gasteiger partial charge < -0.3 is 4.90 Å². The second-order valence-electron chi connectivity index (χ2n) is 5.75. The Morgan fingerprint density at radius 2 is 1.95 bits per heavy atom. The Hall–Kier alpha value is -2.31. The third-order valence-electron chi connectivity index (χ3n) is 4.25. The lowest BCUT2D eigenvalue weighted by Gasteiger charge is -2.21. The zero-order valence-corrected chi connectivity index (χ0v) is 13.1. The highest BCUT2D eigenvalue weighted by Gasteiger charge is 2.27. The molecule has 2 aromatic rings. The van der Waals surface area contributed by atoms with Crippen LogP contribution in [0.1, 0.15) is 40.9 Å². The summed E-state index contributed by atoms with van der Waals surface area (Å²) in [4.78, 5) is 6.94. The molecule has 2 heteroatoms. The third-order valence-corrected chi connectivity index (χ3v) is 4.25. The van der Waals surface area contributed by atoms with Gasteiger partial charge in [0.2, 0.25) is 0 Å². The van der Waals surface area contributed by atoms with Gasteiger partial charge in [0, 0.05) is 24.2 Å². The van der Waals surface area contributed by atoms with E-state index in [4.69, 9.17) is 4.98 Å². The number of nitrogens with zero attached hydrogens (tertiary/aromatic N) is 2. The molecule has 0 aliphatic carbocycles. The van der Waals surface area contributed by atoms with Crippen molar-refractivity contribution in [3.8, 4) is 0 Å². The lowest BCUT2D eigenvalue weighted by Crippen LogP contribution is -2.15. The Morgan fingerprint density at radius 1 is 1.19 bits per heavy atom. The quantitative estimate of drug-likeness (QED) is 0.662. The lowest BCUT2D eigenvalue weighted by atomic mass is 9.91. The number of aryl methyl sites for hydroxylation is 2. The predicted molar refractivity (Wildman–Crippen MR) is 88.6 cm³/mol. The SMILES string of the molecule is C=C=C1c2cc(C)ccc2C(C)c2nc(C)ccc2N1C. The van der Waals surface area contributed by atoms with Crippen LogP contribution in [0.4, 0.5) is 5.69 Å². The molecule has 106 valence electrons. The summed E-state index contributed by atoms with van der Waals surface area (Å²) in [5.41, 5.74) is 11.2. The van der Waals surface area contributed by atoms with Crippen LogP contribution in [0.3, 0.4) is 0 Å². The monoisotopic (exact) mass is 276 g/mol. The summed E-state index contributed by atoms with van der Waals surface area (Å²) in [6.07, 6.45) is 0. The van der Waals surface area contributed by atoms with E-state index in [1.807, 2.05) is 6.92 Å². The minimum Gasteiger partial charge on any atom is -0.336 e. The van der Waals surface area contributed by atoms with Crippen LogP contribution in [0.5, 0.6) is 0 Å². The van der Waals surface area contributed by atoms with Crippen LogP contribution in [0.25, 0.3) is 5.70 Å². The normalized spacial score (nSPS) is 16.9. The molecule has 2 nitrogen and oxygen atoms in total. The first-order valence-corrected chi connectivity index (χ1v) is 7.25. The van der Waals surface area contributed by atoms with Crippen molar-refractivity contribution in [3.63, 3.8) is 0 Å². The maximum absolute atomic E-state index is 4.79. The Labute approximate surface area is 126 Å². The van der Waals surface area contributed by atoms with E-state index in [2.05, 4.69) is 68.4 Å². The minimum atomic E-state index is 0.254. The van der Waals surface area contributed by atoms with Gasteiger partial charge in [-0.3, -0.25) is 4.98 Å². The number of anilines is 1. The van der Waals surface area contributed by atoms with Gasteiger partial charge in [0.05, 0.1) is 17.1 Å². The lowest BCUT2D eigenvalue weighted by molar-refractivity contribution is 0.863. The molecular weight excluding hydrogens is 256 g/mol. The van der Waals surface area contributed by atoms with Gasteiger partial charge in [-0.1, -0.05) is 31.2 Å². The van der Waals surface area contributed by atoms with E-state index in [0.29, 0.717) is 0 Å². The summed E-state index contributed by atoms with van der Waals surface area (Å²) in [6.45, 7) is 10.3. The average molecular weight is 276 g/mol. The Bertz CT molecular complexity index is 767. The number of pyridine rings is 1. The predicted octanol–water partition coefficient (Wildman–Crippen LogP) is 4.43. The first kappa shape index (κ1) is 13.7. The van der Waals surface area contributed by atoms with Crippen LogP contribution < -0.4 is 4.90 Å². The fraction of sp³-hybridized carbons (Fsp3) is 0.263. The van der Waals surface area contributed by atoms with Gasteiger partial charge in [-0.15, -0.1) is 5.73 Å². The van der Waals surface area contributed by atoms with E-state index in [9.17, 15) is 0 Å². The standard InChI is InChI=1S/C19H20N2/c1-6-17-16-11-12(2)7-9-15(16)14(4)19-18(21(17)5)10-8-13(3)20-19/h7-11,14H,1H2,2-5H3. The largest absolute Gasteiger partial charge is 0.336 e. The highest BCUT2D eigenvalue weighted by atomic mass is 15.1. The number of aromatic nitrogens is 1.